The van der Waals surface area contributed by atoms with Gasteiger partial charge in [0.1, 0.15) is 0 Å². The van der Waals surface area contributed by atoms with E-state index >= 15 is 0 Å². The quantitative estimate of drug-likeness (QED) is 0.470. The monoisotopic (exact) mass is 444 g/mol. The van der Waals surface area contributed by atoms with Crippen LogP contribution in [0.2, 0.25) is 0 Å². The molecule has 2 heterocycles. The molecule has 30 heavy (non-hydrogen) atoms. The van der Waals surface area contributed by atoms with Gasteiger partial charge in [0.25, 0.3) is 5.56 Å². The topological polar surface area (TPSA) is 69.0 Å². The van der Waals surface area contributed by atoms with Crippen molar-refractivity contribution in [2.24, 2.45) is 0 Å². The van der Waals surface area contributed by atoms with Crippen LogP contribution in [0.1, 0.15) is 0 Å². The third kappa shape index (κ3) is 3.69. The molecular formula is C21H14F2N2O3S2. The highest BCUT2D eigenvalue weighted by Crippen LogP contribution is 2.32. The van der Waals surface area contributed by atoms with Crippen LogP contribution in [0.5, 0.6) is 0 Å². The second kappa shape index (κ2) is 7.58. The molecule has 0 bridgehead atoms. The Morgan fingerprint density at radius 2 is 1.73 bits per heavy atom. The highest BCUT2D eigenvalue weighted by atomic mass is 32.2. The van der Waals surface area contributed by atoms with Gasteiger partial charge < -0.3 is 0 Å². The molecular weight excluding hydrogens is 430 g/mol. The van der Waals surface area contributed by atoms with Crippen LogP contribution in [0.3, 0.4) is 0 Å². The average molecular weight is 444 g/mol. The fourth-order valence-corrected chi connectivity index (χ4v) is 4.42. The smallest absolute Gasteiger partial charge is 0.267 e. The predicted molar refractivity (Wildman–Crippen MR) is 112 cm³/mol. The molecule has 2 aromatic heterocycles. The van der Waals surface area contributed by atoms with Gasteiger partial charge in [-0.1, -0.05) is 18.2 Å². The summed E-state index contributed by atoms with van der Waals surface area (Å²) in [6.45, 7) is 0. The van der Waals surface area contributed by atoms with E-state index in [-0.39, 0.29) is 10.6 Å². The Labute approximate surface area is 174 Å². The minimum absolute atomic E-state index is 0.0932. The molecule has 9 heteroatoms. The van der Waals surface area contributed by atoms with Crippen molar-refractivity contribution in [3.63, 3.8) is 0 Å². The molecule has 0 spiro atoms. The summed E-state index contributed by atoms with van der Waals surface area (Å²) in [6, 6.07) is 12.8. The molecule has 0 aliphatic heterocycles. The molecule has 0 aliphatic carbocycles. The third-order valence-corrected chi connectivity index (χ3v) is 6.50. The maximum Gasteiger partial charge on any atom is 0.280 e. The number of hydrogen-bond acceptors (Lipinski definition) is 5. The van der Waals surface area contributed by atoms with Crippen LogP contribution >= 0.6 is 11.3 Å². The van der Waals surface area contributed by atoms with E-state index in [9.17, 15) is 22.0 Å². The maximum absolute atomic E-state index is 13.7. The number of nitrogens with zero attached hydrogens (tertiary/aromatic N) is 2. The zero-order valence-electron chi connectivity index (χ0n) is 15.5. The summed E-state index contributed by atoms with van der Waals surface area (Å²) >= 11 is 1.34. The van der Waals surface area contributed by atoms with Gasteiger partial charge in [0.2, 0.25) is 0 Å². The van der Waals surface area contributed by atoms with E-state index in [1.807, 2.05) is 5.38 Å². The lowest BCUT2D eigenvalue weighted by molar-refractivity contribution is 0.507. The van der Waals surface area contributed by atoms with E-state index in [0.717, 1.165) is 23.1 Å². The third-order valence-electron chi connectivity index (χ3n) is 4.49. The van der Waals surface area contributed by atoms with Crippen molar-refractivity contribution >= 4 is 21.2 Å². The fourth-order valence-electron chi connectivity index (χ4n) is 3.01. The number of aromatic nitrogens is 2. The SMILES string of the molecule is CS(=O)(=O)c1ccc(-c2cnn(-c3ccc(F)c(F)c3)c(=O)c2-c2cccs2)cc1. The van der Waals surface area contributed by atoms with E-state index in [4.69, 9.17) is 0 Å². The lowest BCUT2D eigenvalue weighted by atomic mass is 10.0. The number of benzene rings is 2. The molecule has 0 saturated carbocycles. The molecule has 152 valence electrons. The lowest BCUT2D eigenvalue weighted by Crippen LogP contribution is -2.23. The lowest BCUT2D eigenvalue weighted by Gasteiger charge is -2.12. The van der Waals surface area contributed by atoms with Crippen LogP contribution in [0, 0.1) is 11.6 Å². The van der Waals surface area contributed by atoms with Gasteiger partial charge in [-0.05, 0) is 41.3 Å². The van der Waals surface area contributed by atoms with Crippen molar-refractivity contribution < 1.29 is 17.2 Å². The molecule has 4 aromatic rings. The molecule has 0 saturated heterocycles. The van der Waals surface area contributed by atoms with Crippen molar-refractivity contribution in [2.75, 3.05) is 6.26 Å². The molecule has 4 rings (SSSR count). The summed E-state index contributed by atoms with van der Waals surface area (Å²) in [5, 5.41) is 5.95. The van der Waals surface area contributed by atoms with Crippen molar-refractivity contribution in [2.45, 2.75) is 4.90 Å². The summed E-state index contributed by atoms with van der Waals surface area (Å²) in [4.78, 5) is 14.1. The predicted octanol–water partition coefficient (Wildman–Crippen LogP) is 4.31. The van der Waals surface area contributed by atoms with Crippen LogP contribution in [0.15, 0.2) is 75.9 Å². The van der Waals surface area contributed by atoms with Crippen molar-refractivity contribution in [3.8, 4) is 27.3 Å². The fraction of sp³-hybridized carbons (Fsp3) is 0.0476. The molecule has 0 radical (unpaired) electrons. The molecule has 0 amide bonds. The molecule has 2 aromatic carbocycles. The number of hydrogen-bond donors (Lipinski definition) is 0. The Hall–Kier alpha value is -3.17. The zero-order valence-corrected chi connectivity index (χ0v) is 17.2. The Balaban J connectivity index is 1.93. The molecule has 0 aliphatic rings. The van der Waals surface area contributed by atoms with Crippen molar-refractivity contribution in [3.05, 3.63) is 88.2 Å². The second-order valence-corrected chi connectivity index (χ2v) is 9.49. The van der Waals surface area contributed by atoms with E-state index in [1.165, 1.54) is 35.7 Å². The highest BCUT2D eigenvalue weighted by molar-refractivity contribution is 7.90. The standard InChI is InChI=1S/C21H14F2N2O3S2/c1-30(27,28)15-7-4-13(5-8-15)16-12-24-25(14-6-9-17(22)18(23)11-14)21(26)20(16)19-3-2-10-29-19/h2-12H,1H3. The summed E-state index contributed by atoms with van der Waals surface area (Å²) in [6.07, 6.45) is 2.57. The normalized spacial score (nSPS) is 11.6. The Kier molecular flexibility index (Phi) is 5.08. The molecule has 5 nitrogen and oxygen atoms in total. The van der Waals surface area contributed by atoms with Gasteiger partial charge in [0.15, 0.2) is 21.5 Å². The van der Waals surface area contributed by atoms with Crippen LogP contribution in [-0.2, 0) is 9.84 Å². The number of rotatable bonds is 4. The minimum Gasteiger partial charge on any atom is -0.267 e. The first kappa shape index (κ1) is 20.1. The summed E-state index contributed by atoms with van der Waals surface area (Å²) < 4.78 is 51.4. The van der Waals surface area contributed by atoms with Gasteiger partial charge in [-0.2, -0.15) is 9.78 Å². The zero-order chi connectivity index (χ0) is 21.5. The average Bonchev–Trinajstić information content (AvgIpc) is 3.24. The van der Waals surface area contributed by atoms with E-state index in [2.05, 4.69) is 5.10 Å². The summed E-state index contributed by atoms with van der Waals surface area (Å²) in [5.74, 6) is -2.10. The Morgan fingerprint density at radius 3 is 2.33 bits per heavy atom. The number of sulfone groups is 1. The van der Waals surface area contributed by atoms with Crippen LogP contribution in [-0.4, -0.2) is 24.5 Å². The van der Waals surface area contributed by atoms with Gasteiger partial charge in [-0.15, -0.1) is 11.3 Å². The van der Waals surface area contributed by atoms with Crippen LogP contribution in [0.25, 0.3) is 27.3 Å². The van der Waals surface area contributed by atoms with Gasteiger partial charge >= 0.3 is 0 Å². The number of halogens is 2. The maximum atomic E-state index is 13.7. The first-order valence-electron chi connectivity index (χ1n) is 8.68. The summed E-state index contributed by atoms with van der Waals surface area (Å²) in [7, 11) is -3.36. The Bertz CT molecular complexity index is 1400. The van der Waals surface area contributed by atoms with E-state index in [0.29, 0.717) is 21.6 Å². The van der Waals surface area contributed by atoms with Gasteiger partial charge in [-0.25, -0.2) is 17.2 Å². The first-order chi connectivity index (χ1) is 14.3. The first-order valence-corrected chi connectivity index (χ1v) is 11.4. The van der Waals surface area contributed by atoms with Gasteiger partial charge in [-0.3, -0.25) is 4.79 Å². The molecule has 0 fully saturated rings. The van der Waals surface area contributed by atoms with E-state index < -0.39 is 27.0 Å². The molecule has 0 atom stereocenters. The number of thiophene rings is 1. The minimum atomic E-state index is -3.36. The summed E-state index contributed by atoms with van der Waals surface area (Å²) in [5.41, 5.74) is 1.02. The largest absolute Gasteiger partial charge is 0.280 e. The van der Waals surface area contributed by atoms with Gasteiger partial charge in [0, 0.05) is 22.8 Å². The second-order valence-electron chi connectivity index (χ2n) is 6.52. The van der Waals surface area contributed by atoms with Crippen LogP contribution < -0.4 is 5.56 Å². The molecule has 0 unspecified atom stereocenters. The van der Waals surface area contributed by atoms with Crippen molar-refractivity contribution in [1.82, 2.24) is 9.78 Å². The van der Waals surface area contributed by atoms with Crippen molar-refractivity contribution in [1.29, 1.82) is 0 Å². The Morgan fingerprint density at radius 1 is 1.00 bits per heavy atom. The van der Waals surface area contributed by atoms with Crippen LogP contribution in [0.4, 0.5) is 8.78 Å². The molecule has 0 N–H and O–H groups in total. The van der Waals surface area contributed by atoms with Gasteiger partial charge in [0.05, 0.1) is 22.3 Å². The van der Waals surface area contributed by atoms with E-state index in [1.54, 1.807) is 24.3 Å². The highest BCUT2D eigenvalue weighted by Gasteiger charge is 2.18.